The molecule has 3 rings (SSSR count). The molecular weight excluding hydrogens is 293 g/mol. The Morgan fingerprint density at radius 1 is 1.17 bits per heavy atom. The lowest BCUT2D eigenvalue weighted by molar-refractivity contribution is -0.137. The maximum atomic E-state index is 13.0. The lowest BCUT2D eigenvalue weighted by atomic mass is 9.77. The highest BCUT2D eigenvalue weighted by Gasteiger charge is 2.39. The molecule has 2 heterocycles. The van der Waals surface area contributed by atoms with Gasteiger partial charge in [-0.05, 0) is 49.1 Å². The lowest BCUT2D eigenvalue weighted by Crippen LogP contribution is -2.59. The van der Waals surface area contributed by atoms with E-state index in [1.807, 2.05) is 4.90 Å². The van der Waals surface area contributed by atoms with Gasteiger partial charge in [0.2, 0.25) is 5.91 Å². The number of carbonyl (C=O) groups is 1. The molecule has 126 valence electrons. The van der Waals surface area contributed by atoms with Gasteiger partial charge in [0, 0.05) is 31.9 Å². The molecule has 2 saturated heterocycles. The van der Waals surface area contributed by atoms with Crippen molar-refractivity contribution < 1.29 is 9.18 Å². The number of halogens is 1. The Morgan fingerprint density at radius 2 is 1.83 bits per heavy atom. The number of anilines is 1. The molecule has 1 aromatic rings. The Labute approximate surface area is 137 Å². The van der Waals surface area contributed by atoms with Gasteiger partial charge in [0.05, 0.1) is 6.04 Å². The first-order valence-electron chi connectivity index (χ1n) is 8.50. The second kappa shape index (κ2) is 6.48. The minimum absolute atomic E-state index is 0.0173. The summed E-state index contributed by atoms with van der Waals surface area (Å²) in [5.74, 6) is 0.0154. The quantitative estimate of drug-likeness (QED) is 0.908. The number of hydrogen-bond donors (Lipinski definition) is 1. The number of benzene rings is 1. The van der Waals surface area contributed by atoms with E-state index in [1.165, 1.54) is 12.1 Å². The summed E-state index contributed by atoms with van der Waals surface area (Å²) in [4.78, 5) is 17.0. The van der Waals surface area contributed by atoms with Crippen LogP contribution in [0, 0.1) is 11.2 Å². The van der Waals surface area contributed by atoms with Crippen molar-refractivity contribution in [2.45, 2.75) is 32.7 Å². The molecule has 5 heteroatoms. The van der Waals surface area contributed by atoms with E-state index in [0.717, 1.165) is 51.3 Å². The van der Waals surface area contributed by atoms with Gasteiger partial charge in [-0.25, -0.2) is 4.39 Å². The van der Waals surface area contributed by atoms with Gasteiger partial charge in [-0.15, -0.1) is 0 Å². The fourth-order valence-corrected chi connectivity index (χ4v) is 3.65. The summed E-state index contributed by atoms with van der Waals surface area (Å²) in [6.07, 6.45) is 2.22. The van der Waals surface area contributed by atoms with Crippen molar-refractivity contribution in [2.24, 2.45) is 5.41 Å². The van der Waals surface area contributed by atoms with Crippen molar-refractivity contribution in [1.82, 2.24) is 10.2 Å². The number of piperidine rings is 1. The SMILES string of the molecule is CC1(C)CCCNC1C(=O)N1CCN(c2ccc(F)cc2)CC1. The van der Waals surface area contributed by atoms with Gasteiger partial charge >= 0.3 is 0 Å². The van der Waals surface area contributed by atoms with E-state index in [9.17, 15) is 9.18 Å². The monoisotopic (exact) mass is 319 g/mol. The molecule has 0 bridgehead atoms. The molecule has 2 aliphatic rings. The number of nitrogens with zero attached hydrogens (tertiary/aromatic N) is 2. The molecule has 1 aromatic carbocycles. The molecule has 4 nitrogen and oxygen atoms in total. The molecule has 0 radical (unpaired) electrons. The summed E-state index contributed by atoms with van der Waals surface area (Å²) in [5, 5.41) is 3.41. The predicted molar refractivity (Wildman–Crippen MR) is 90.0 cm³/mol. The van der Waals surface area contributed by atoms with Crippen LogP contribution >= 0.6 is 0 Å². The molecule has 23 heavy (non-hydrogen) atoms. The molecule has 1 unspecified atom stereocenters. The van der Waals surface area contributed by atoms with Crippen LogP contribution < -0.4 is 10.2 Å². The zero-order chi connectivity index (χ0) is 16.4. The van der Waals surface area contributed by atoms with Crippen LogP contribution in [0.2, 0.25) is 0 Å². The number of rotatable bonds is 2. The molecule has 1 amide bonds. The average molecular weight is 319 g/mol. The Hall–Kier alpha value is -1.62. The van der Waals surface area contributed by atoms with Crippen molar-refractivity contribution >= 4 is 11.6 Å². The molecule has 2 fully saturated rings. The second-order valence-corrected chi connectivity index (χ2v) is 7.27. The Bertz CT molecular complexity index is 550. The van der Waals surface area contributed by atoms with Gasteiger partial charge in [-0.1, -0.05) is 13.8 Å². The first kappa shape index (κ1) is 16.2. The van der Waals surface area contributed by atoms with Gasteiger partial charge in [0.25, 0.3) is 0 Å². The van der Waals surface area contributed by atoms with Crippen LogP contribution in [0.4, 0.5) is 10.1 Å². The van der Waals surface area contributed by atoms with E-state index >= 15 is 0 Å². The molecule has 0 saturated carbocycles. The molecule has 0 aliphatic carbocycles. The molecular formula is C18H26FN3O. The largest absolute Gasteiger partial charge is 0.368 e. The summed E-state index contributed by atoms with van der Waals surface area (Å²) in [6, 6.07) is 6.51. The van der Waals surface area contributed by atoms with E-state index in [1.54, 1.807) is 12.1 Å². The average Bonchev–Trinajstić information content (AvgIpc) is 2.55. The maximum absolute atomic E-state index is 13.0. The molecule has 2 aliphatic heterocycles. The number of nitrogens with one attached hydrogen (secondary N) is 1. The van der Waals surface area contributed by atoms with E-state index < -0.39 is 0 Å². The third-order valence-electron chi connectivity index (χ3n) is 5.16. The number of piperazine rings is 1. The number of hydrogen-bond acceptors (Lipinski definition) is 3. The van der Waals surface area contributed by atoms with Crippen molar-refractivity contribution in [3.63, 3.8) is 0 Å². The smallest absolute Gasteiger partial charge is 0.240 e. The lowest BCUT2D eigenvalue weighted by Gasteiger charge is -2.43. The van der Waals surface area contributed by atoms with Crippen molar-refractivity contribution in [3.8, 4) is 0 Å². The zero-order valence-corrected chi connectivity index (χ0v) is 14.0. The Kier molecular flexibility index (Phi) is 4.57. The van der Waals surface area contributed by atoms with Crippen LogP contribution in [-0.4, -0.2) is 49.6 Å². The highest BCUT2D eigenvalue weighted by atomic mass is 19.1. The highest BCUT2D eigenvalue weighted by Crippen LogP contribution is 2.31. The van der Waals surface area contributed by atoms with Crippen LogP contribution in [-0.2, 0) is 4.79 Å². The second-order valence-electron chi connectivity index (χ2n) is 7.27. The molecule has 0 aromatic heterocycles. The molecule has 1 atom stereocenters. The van der Waals surface area contributed by atoms with Gasteiger partial charge in [-0.2, -0.15) is 0 Å². The minimum Gasteiger partial charge on any atom is -0.368 e. The topological polar surface area (TPSA) is 35.6 Å². The van der Waals surface area contributed by atoms with Crippen molar-refractivity contribution in [3.05, 3.63) is 30.1 Å². The summed E-state index contributed by atoms with van der Waals surface area (Å²) in [7, 11) is 0. The predicted octanol–water partition coefficient (Wildman–Crippen LogP) is 2.25. The van der Waals surface area contributed by atoms with Gasteiger partial charge < -0.3 is 15.1 Å². The molecule has 0 spiro atoms. The van der Waals surface area contributed by atoms with Crippen molar-refractivity contribution in [2.75, 3.05) is 37.6 Å². The Balaban J connectivity index is 1.60. The van der Waals surface area contributed by atoms with Crippen LogP contribution in [0.1, 0.15) is 26.7 Å². The maximum Gasteiger partial charge on any atom is 0.240 e. The third-order valence-corrected chi connectivity index (χ3v) is 5.16. The zero-order valence-electron chi connectivity index (χ0n) is 14.0. The first-order valence-corrected chi connectivity index (χ1v) is 8.50. The summed E-state index contributed by atoms with van der Waals surface area (Å²) < 4.78 is 13.0. The van der Waals surface area contributed by atoms with E-state index in [2.05, 4.69) is 24.1 Å². The Morgan fingerprint density at radius 3 is 2.43 bits per heavy atom. The van der Waals surface area contributed by atoms with Crippen LogP contribution in [0.5, 0.6) is 0 Å². The van der Waals surface area contributed by atoms with Crippen LogP contribution in [0.15, 0.2) is 24.3 Å². The first-order chi connectivity index (χ1) is 11.0. The fourth-order valence-electron chi connectivity index (χ4n) is 3.65. The van der Waals surface area contributed by atoms with E-state index in [0.29, 0.717) is 0 Å². The van der Waals surface area contributed by atoms with E-state index in [4.69, 9.17) is 0 Å². The van der Waals surface area contributed by atoms with Crippen molar-refractivity contribution in [1.29, 1.82) is 0 Å². The van der Waals surface area contributed by atoms with E-state index in [-0.39, 0.29) is 23.2 Å². The number of amides is 1. The number of carbonyl (C=O) groups excluding carboxylic acids is 1. The highest BCUT2D eigenvalue weighted by molar-refractivity contribution is 5.83. The van der Waals surface area contributed by atoms with Gasteiger partial charge in [0.1, 0.15) is 5.82 Å². The standard InChI is InChI=1S/C18H26FN3O/c1-18(2)8-3-9-20-16(18)17(23)22-12-10-21(11-13-22)15-6-4-14(19)5-7-15/h4-7,16,20H,3,8-13H2,1-2H3. The van der Waals surface area contributed by atoms with Gasteiger partial charge in [-0.3, -0.25) is 4.79 Å². The normalized spacial score (nSPS) is 24.6. The van der Waals surface area contributed by atoms with Crippen LogP contribution in [0.25, 0.3) is 0 Å². The summed E-state index contributed by atoms with van der Waals surface area (Å²) >= 11 is 0. The van der Waals surface area contributed by atoms with Crippen LogP contribution in [0.3, 0.4) is 0 Å². The summed E-state index contributed by atoms with van der Waals surface area (Å²) in [6.45, 7) is 8.33. The van der Waals surface area contributed by atoms with Gasteiger partial charge in [0.15, 0.2) is 0 Å². The third kappa shape index (κ3) is 3.50. The fraction of sp³-hybridized carbons (Fsp3) is 0.611. The minimum atomic E-state index is -0.215. The summed E-state index contributed by atoms with van der Waals surface area (Å²) in [5.41, 5.74) is 1.04. The molecule has 1 N–H and O–H groups in total.